The zero-order valence-corrected chi connectivity index (χ0v) is 9.51. The predicted molar refractivity (Wildman–Crippen MR) is 59.2 cm³/mol. The second kappa shape index (κ2) is 8.23. The molecule has 0 bridgehead atoms. The Bertz CT molecular complexity index is 207. The van der Waals surface area contributed by atoms with E-state index in [4.69, 9.17) is 5.73 Å². The van der Waals surface area contributed by atoms with Crippen LogP contribution in [0.2, 0.25) is 0 Å². The van der Waals surface area contributed by atoms with E-state index in [0.29, 0.717) is 19.5 Å². The van der Waals surface area contributed by atoms with Gasteiger partial charge in [-0.05, 0) is 6.42 Å². The third-order valence-electron chi connectivity index (χ3n) is 1.93. The zero-order valence-electron chi connectivity index (χ0n) is 9.51. The van der Waals surface area contributed by atoms with Crippen molar-refractivity contribution < 1.29 is 9.59 Å². The zero-order chi connectivity index (χ0) is 11.7. The van der Waals surface area contributed by atoms with Crippen molar-refractivity contribution in [3.8, 4) is 0 Å². The van der Waals surface area contributed by atoms with E-state index in [1.54, 1.807) is 0 Å². The molecule has 0 aliphatic rings. The summed E-state index contributed by atoms with van der Waals surface area (Å²) < 4.78 is 0. The molecular weight excluding hydrogens is 194 g/mol. The van der Waals surface area contributed by atoms with Crippen LogP contribution in [0.3, 0.4) is 0 Å². The maximum atomic E-state index is 11.3. The van der Waals surface area contributed by atoms with Gasteiger partial charge < -0.3 is 16.4 Å². The van der Waals surface area contributed by atoms with Crippen molar-refractivity contribution in [2.24, 2.45) is 5.73 Å². The molecule has 0 saturated heterocycles. The second-order valence-electron chi connectivity index (χ2n) is 3.59. The van der Waals surface area contributed by atoms with E-state index >= 15 is 0 Å². The molecule has 0 fully saturated rings. The average molecular weight is 215 g/mol. The van der Waals surface area contributed by atoms with Gasteiger partial charge in [0, 0.05) is 32.5 Å². The Kier molecular flexibility index (Phi) is 7.62. The molecule has 0 spiro atoms. The molecule has 0 radical (unpaired) electrons. The third-order valence-corrected chi connectivity index (χ3v) is 1.93. The van der Waals surface area contributed by atoms with Gasteiger partial charge >= 0.3 is 0 Å². The highest BCUT2D eigenvalue weighted by atomic mass is 16.2. The highest BCUT2D eigenvalue weighted by molar-refractivity contribution is 5.76. The van der Waals surface area contributed by atoms with Gasteiger partial charge in [0.15, 0.2) is 0 Å². The van der Waals surface area contributed by atoms with E-state index in [1.807, 2.05) is 6.92 Å². The lowest BCUT2D eigenvalue weighted by atomic mass is 10.1. The predicted octanol–water partition coefficient (Wildman–Crippen LogP) is -0.244. The molecule has 0 aliphatic carbocycles. The second-order valence-corrected chi connectivity index (χ2v) is 3.59. The van der Waals surface area contributed by atoms with Gasteiger partial charge in [-0.3, -0.25) is 9.59 Å². The van der Waals surface area contributed by atoms with Crippen LogP contribution in [0.4, 0.5) is 0 Å². The molecule has 0 aliphatic heterocycles. The summed E-state index contributed by atoms with van der Waals surface area (Å²) in [5, 5.41) is 5.29. The third kappa shape index (κ3) is 9.21. The highest BCUT2D eigenvalue weighted by Crippen LogP contribution is 1.97. The van der Waals surface area contributed by atoms with Gasteiger partial charge in [0.05, 0.1) is 0 Å². The fourth-order valence-corrected chi connectivity index (χ4v) is 1.22. The minimum Gasteiger partial charge on any atom is -0.355 e. The first-order valence-corrected chi connectivity index (χ1v) is 5.33. The Morgan fingerprint density at radius 1 is 1.27 bits per heavy atom. The number of carbonyl (C=O) groups excluding carboxylic acids is 2. The maximum Gasteiger partial charge on any atom is 0.221 e. The topological polar surface area (TPSA) is 84.2 Å². The molecule has 0 aromatic rings. The van der Waals surface area contributed by atoms with E-state index in [1.165, 1.54) is 6.92 Å². The van der Waals surface area contributed by atoms with Crippen LogP contribution in [0.5, 0.6) is 0 Å². The minimum absolute atomic E-state index is 0.0543. The van der Waals surface area contributed by atoms with E-state index in [9.17, 15) is 9.59 Å². The van der Waals surface area contributed by atoms with Crippen molar-refractivity contribution in [2.45, 2.75) is 39.2 Å². The van der Waals surface area contributed by atoms with Crippen LogP contribution < -0.4 is 16.4 Å². The lowest BCUT2D eigenvalue weighted by Gasteiger charge is -2.10. The summed E-state index contributed by atoms with van der Waals surface area (Å²) in [6, 6.07) is -0.0595. The van der Waals surface area contributed by atoms with E-state index in [0.717, 1.165) is 12.8 Å². The van der Waals surface area contributed by atoms with Gasteiger partial charge in [0.25, 0.3) is 0 Å². The maximum absolute atomic E-state index is 11.3. The van der Waals surface area contributed by atoms with Crippen molar-refractivity contribution in [3.05, 3.63) is 0 Å². The highest BCUT2D eigenvalue weighted by Gasteiger charge is 2.07. The molecule has 15 heavy (non-hydrogen) atoms. The molecular formula is C10H21N3O2. The standard InChI is InChI=1S/C10H21N3O2/c1-3-4-9(11)7-10(15)13-6-5-12-8(2)14/h9H,3-7,11H2,1-2H3,(H,12,14)(H,13,15). The van der Waals surface area contributed by atoms with Gasteiger partial charge in [-0.2, -0.15) is 0 Å². The van der Waals surface area contributed by atoms with Crippen molar-refractivity contribution in [2.75, 3.05) is 13.1 Å². The van der Waals surface area contributed by atoms with Gasteiger partial charge in [0.1, 0.15) is 0 Å². The minimum atomic E-state index is -0.0908. The molecule has 0 heterocycles. The van der Waals surface area contributed by atoms with Crippen LogP contribution in [0, 0.1) is 0 Å². The number of hydrogen-bond donors (Lipinski definition) is 3. The number of rotatable bonds is 7. The Hall–Kier alpha value is -1.10. The van der Waals surface area contributed by atoms with Crippen LogP contribution in [0.1, 0.15) is 33.1 Å². The number of nitrogens with one attached hydrogen (secondary N) is 2. The fourth-order valence-electron chi connectivity index (χ4n) is 1.22. The normalized spacial score (nSPS) is 11.9. The molecule has 0 saturated carbocycles. The summed E-state index contributed by atoms with van der Waals surface area (Å²) in [4.78, 5) is 21.8. The van der Waals surface area contributed by atoms with Crippen molar-refractivity contribution in [1.82, 2.24) is 10.6 Å². The largest absolute Gasteiger partial charge is 0.355 e. The number of amides is 2. The Morgan fingerprint density at radius 2 is 1.87 bits per heavy atom. The van der Waals surface area contributed by atoms with Crippen LogP contribution in [0.25, 0.3) is 0 Å². The lowest BCUT2D eigenvalue weighted by Crippen LogP contribution is -2.36. The van der Waals surface area contributed by atoms with Gasteiger partial charge in [-0.25, -0.2) is 0 Å². The summed E-state index contributed by atoms with van der Waals surface area (Å²) in [6.45, 7) is 4.40. The van der Waals surface area contributed by atoms with E-state index in [-0.39, 0.29) is 17.9 Å². The van der Waals surface area contributed by atoms with Crippen LogP contribution in [-0.2, 0) is 9.59 Å². The Morgan fingerprint density at radius 3 is 2.40 bits per heavy atom. The molecule has 4 N–H and O–H groups in total. The molecule has 88 valence electrons. The molecule has 0 aromatic heterocycles. The molecule has 1 unspecified atom stereocenters. The average Bonchev–Trinajstić information content (AvgIpc) is 2.12. The van der Waals surface area contributed by atoms with Crippen molar-refractivity contribution >= 4 is 11.8 Å². The monoisotopic (exact) mass is 215 g/mol. The number of hydrogen-bond acceptors (Lipinski definition) is 3. The molecule has 2 amide bonds. The number of carbonyl (C=O) groups is 2. The van der Waals surface area contributed by atoms with E-state index < -0.39 is 0 Å². The van der Waals surface area contributed by atoms with Gasteiger partial charge in [-0.1, -0.05) is 13.3 Å². The molecule has 1 atom stereocenters. The Labute approximate surface area is 90.8 Å². The molecule has 5 heteroatoms. The fraction of sp³-hybridized carbons (Fsp3) is 0.800. The first-order valence-electron chi connectivity index (χ1n) is 5.33. The SMILES string of the molecule is CCCC(N)CC(=O)NCCNC(C)=O. The Balaban J connectivity index is 3.44. The smallest absolute Gasteiger partial charge is 0.221 e. The molecule has 0 aromatic carbocycles. The quantitative estimate of drug-likeness (QED) is 0.512. The molecule has 0 rings (SSSR count). The summed E-state index contributed by atoms with van der Waals surface area (Å²) in [5.41, 5.74) is 5.71. The summed E-state index contributed by atoms with van der Waals surface area (Å²) in [5.74, 6) is -0.145. The summed E-state index contributed by atoms with van der Waals surface area (Å²) >= 11 is 0. The van der Waals surface area contributed by atoms with Crippen LogP contribution >= 0.6 is 0 Å². The summed E-state index contributed by atoms with van der Waals surface area (Å²) in [6.07, 6.45) is 2.20. The van der Waals surface area contributed by atoms with Crippen molar-refractivity contribution in [1.29, 1.82) is 0 Å². The van der Waals surface area contributed by atoms with Crippen LogP contribution in [0.15, 0.2) is 0 Å². The van der Waals surface area contributed by atoms with Crippen LogP contribution in [-0.4, -0.2) is 30.9 Å². The molecule has 5 nitrogen and oxygen atoms in total. The first-order chi connectivity index (χ1) is 7.06. The number of nitrogens with two attached hydrogens (primary N) is 1. The lowest BCUT2D eigenvalue weighted by molar-refractivity contribution is -0.122. The first kappa shape index (κ1) is 13.9. The van der Waals surface area contributed by atoms with Gasteiger partial charge in [0.2, 0.25) is 11.8 Å². The van der Waals surface area contributed by atoms with Crippen molar-refractivity contribution in [3.63, 3.8) is 0 Å². The summed E-state index contributed by atoms with van der Waals surface area (Å²) in [7, 11) is 0. The van der Waals surface area contributed by atoms with E-state index in [2.05, 4.69) is 10.6 Å². The van der Waals surface area contributed by atoms with Gasteiger partial charge in [-0.15, -0.1) is 0 Å².